The molecule has 0 radical (unpaired) electrons. The maximum Gasteiger partial charge on any atom is 0.165 e. The van der Waals surface area contributed by atoms with E-state index in [2.05, 4.69) is 24.0 Å². The van der Waals surface area contributed by atoms with Gasteiger partial charge in [0.15, 0.2) is 11.5 Å². The van der Waals surface area contributed by atoms with E-state index >= 15 is 0 Å². The predicted octanol–water partition coefficient (Wildman–Crippen LogP) is 3.51. The first kappa shape index (κ1) is 18.9. The Bertz CT molecular complexity index is 990. The van der Waals surface area contributed by atoms with Gasteiger partial charge in [-0.2, -0.15) is 0 Å². The third-order valence-corrected chi connectivity index (χ3v) is 10.6. The Morgan fingerprint density at radius 1 is 1.23 bits per heavy atom. The summed E-state index contributed by atoms with van der Waals surface area (Å²) in [7, 11) is 3.53. The summed E-state index contributed by atoms with van der Waals surface area (Å²) in [4.78, 5) is 15.5. The largest absolute Gasteiger partial charge is 0.493 e. The van der Waals surface area contributed by atoms with Crippen molar-refractivity contribution < 1.29 is 19.0 Å². The van der Waals surface area contributed by atoms with Gasteiger partial charge in [0.1, 0.15) is 18.0 Å². The number of hydrogen-bond acceptors (Lipinski definition) is 5. The molecule has 1 saturated heterocycles. The van der Waals surface area contributed by atoms with Gasteiger partial charge in [0.25, 0.3) is 0 Å². The summed E-state index contributed by atoms with van der Waals surface area (Å²) < 4.78 is 19.1. The molecule has 2 spiro atoms. The average molecular weight is 424 g/mol. The van der Waals surface area contributed by atoms with Gasteiger partial charge in [-0.3, -0.25) is 4.90 Å². The molecule has 5 heteroatoms. The fourth-order valence-electron chi connectivity index (χ4n) is 9.17. The number of carbonyl (C=O) groups excluding carboxylic acids is 1. The van der Waals surface area contributed by atoms with E-state index in [1.165, 1.54) is 36.8 Å². The van der Waals surface area contributed by atoms with Gasteiger partial charge in [-0.05, 0) is 76.0 Å². The van der Waals surface area contributed by atoms with Crippen molar-refractivity contribution in [1.82, 2.24) is 4.90 Å². The lowest BCUT2D eigenvalue weighted by Gasteiger charge is -2.75. The SMILES string of the molecule is COc1ccc2c3c1O[C@H]1[C@@]4(OC)CC[C@@]5(C[C@]4(C)C=O)[C@@H](C2)N(CC2CC2)CC[C@]315. The summed E-state index contributed by atoms with van der Waals surface area (Å²) in [5.74, 6) is 2.63. The molecule has 1 aromatic carbocycles. The number of methoxy groups -OCH3 is 2. The van der Waals surface area contributed by atoms with E-state index in [4.69, 9.17) is 14.2 Å². The highest BCUT2D eigenvalue weighted by Gasteiger charge is 2.83. The molecule has 4 saturated carbocycles. The zero-order valence-electron chi connectivity index (χ0n) is 18.9. The van der Waals surface area contributed by atoms with E-state index in [9.17, 15) is 4.79 Å². The average Bonchev–Trinajstić information content (AvgIpc) is 3.52. The molecule has 0 N–H and O–H groups in total. The molecule has 31 heavy (non-hydrogen) atoms. The molecule has 5 nitrogen and oxygen atoms in total. The minimum absolute atomic E-state index is 0.0609. The monoisotopic (exact) mass is 423 g/mol. The summed E-state index contributed by atoms with van der Waals surface area (Å²) in [5, 5.41) is 0. The number of rotatable bonds is 5. The predicted molar refractivity (Wildman–Crippen MR) is 116 cm³/mol. The second kappa shape index (κ2) is 5.66. The Balaban J connectivity index is 1.51. The van der Waals surface area contributed by atoms with Crippen LogP contribution in [0.4, 0.5) is 0 Å². The summed E-state index contributed by atoms with van der Waals surface area (Å²) in [6.45, 7) is 4.48. The topological polar surface area (TPSA) is 48.0 Å². The van der Waals surface area contributed by atoms with Crippen LogP contribution < -0.4 is 9.47 Å². The fraction of sp³-hybridized carbons (Fsp3) is 0.731. The van der Waals surface area contributed by atoms with Gasteiger partial charge >= 0.3 is 0 Å². The molecule has 7 aliphatic rings. The maximum absolute atomic E-state index is 12.7. The Labute approximate surface area is 184 Å². The number of aldehydes is 1. The molecule has 5 aliphatic carbocycles. The number of likely N-dealkylation sites (tertiary alicyclic amines) is 1. The highest BCUT2D eigenvalue weighted by molar-refractivity contribution is 5.69. The molecule has 0 amide bonds. The zero-order valence-corrected chi connectivity index (χ0v) is 18.9. The molecule has 1 aromatic rings. The number of carbonyl (C=O) groups is 1. The van der Waals surface area contributed by atoms with Crippen molar-refractivity contribution >= 4 is 6.29 Å². The summed E-state index contributed by atoms with van der Waals surface area (Å²) in [5.41, 5.74) is 1.69. The molecule has 166 valence electrons. The van der Waals surface area contributed by atoms with Crippen molar-refractivity contribution in [2.75, 3.05) is 27.3 Å². The number of ether oxygens (including phenoxy) is 3. The van der Waals surface area contributed by atoms with E-state index in [0.717, 1.165) is 56.1 Å². The zero-order chi connectivity index (χ0) is 21.2. The molecule has 8 rings (SSSR count). The summed E-state index contributed by atoms with van der Waals surface area (Å²) in [6, 6.07) is 4.85. The van der Waals surface area contributed by atoms with Crippen molar-refractivity contribution in [2.45, 2.75) is 75.0 Å². The Morgan fingerprint density at radius 3 is 2.77 bits per heavy atom. The molecule has 4 bridgehead atoms. The lowest BCUT2D eigenvalue weighted by atomic mass is 9.32. The number of piperidine rings is 1. The molecule has 6 atom stereocenters. The van der Waals surface area contributed by atoms with Crippen LogP contribution in [-0.2, 0) is 21.4 Å². The molecule has 5 fully saturated rings. The standard InChI is InChI=1S/C26H33NO4/c1-23(15-28)14-24-8-9-26(23,30-3)22-25(24)10-11-27(13-16-4-5-16)19(24)12-17-6-7-18(29-2)21(31-22)20(17)25/h6-7,15-16,19,22H,4-5,8-14H2,1-3H3/t19-,22-,23-,24-,25+,26+/m1/s1. The second-order valence-corrected chi connectivity index (χ2v) is 11.5. The maximum atomic E-state index is 12.7. The normalized spacial score (nSPS) is 46.4. The first-order valence-electron chi connectivity index (χ1n) is 12.1. The van der Waals surface area contributed by atoms with Gasteiger partial charge in [0.05, 0.1) is 12.5 Å². The van der Waals surface area contributed by atoms with Crippen molar-refractivity contribution in [3.8, 4) is 11.5 Å². The Morgan fingerprint density at radius 2 is 2.06 bits per heavy atom. The lowest BCUT2D eigenvalue weighted by Crippen LogP contribution is -2.83. The van der Waals surface area contributed by atoms with Crippen molar-refractivity contribution in [3.63, 3.8) is 0 Å². The van der Waals surface area contributed by atoms with Crippen LogP contribution in [0.15, 0.2) is 12.1 Å². The smallest absolute Gasteiger partial charge is 0.165 e. The number of hydrogen-bond donors (Lipinski definition) is 0. The van der Waals surface area contributed by atoms with Crippen molar-refractivity contribution in [3.05, 3.63) is 23.3 Å². The van der Waals surface area contributed by atoms with E-state index in [1.807, 2.05) is 0 Å². The van der Waals surface area contributed by atoms with Crippen LogP contribution in [0.5, 0.6) is 11.5 Å². The second-order valence-electron chi connectivity index (χ2n) is 11.5. The third kappa shape index (κ3) is 1.85. The van der Waals surface area contributed by atoms with Crippen LogP contribution in [0, 0.1) is 16.7 Å². The van der Waals surface area contributed by atoms with Crippen LogP contribution in [0.3, 0.4) is 0 Å². The Hall–Kier alpha value is -1.59. The van der Waals surface area contributed by atoms with Gasteiger partial charge in [-0.25, -0.2) is 0 Å². The van der Waals surface area contributed by atoms with E-state index in [0.29, 0.717) is 6.04 Å². The van der Waals surface area contributed by atoms with E-state index in [-0.39, 0.29) is 16.9 Å². The molecule has 0 aromatic heterocycles. The first-order valence-corrected chi connectivity index (χ1v) is 12.1. The fourth-order valence-corrected chi connectivity index (χ4v) is 9.17. The van der Waals surface area contributed by atoms with Crippen LogP contribution in [-0.4, -0.2) is 56.2 Å². The van der Waals surface area contributed by atoms with Gasteiger partial charge in [-0.15, -0.1) is 0 Å². The van der Waals surface area contributed by atoms with Crippen molar-refractivity contribution in [2.24, 2.45) is 16.7 Å². The van der Waals surface area contributed by atoms with Gasteiger partial charge < -0.3 is 19.0 Å². The molecule has 2 heterocycles. The molecular formula is C26H33NO4. The number of fused-ring (bicyclic) bond motifs is 2. The molecular weight excluding hydrogens is 390 g/mol. The first-order chi connectivity index (χ1) is 15.0. The highest BCUT2D eigenvalue weighted by atomic mass is 16.6. The van der Waals surface area contributed by atoms with E-state index < -0.39 is 11.0 Å². The lowest BCUT2D eigenvalue weighted by molar-refractivity contribution is -0.294. The Kier molecular flexibility index (Phi) is 3.46. The molecule has 0 unspecified atom stereocenters. The van der Waals surface area contributed by atoms with Crippen LogP contribution in [0.25, 0.3) is 0 Å². The summed E-state index contributed by atoms with van der Waals surface area (Å²) >= 11 is 0. The van der Waals surface area contributed by atoms with Gasteiger partial charge in [-0.1, -0.05) is 6.07 Å². The van der Waals surface area contributed by atoms with Crippen molar-refractivity contribution in [1.29, 1.82) is 0 Å². The van der Waals surface area contributed by atoms with Crippen LogP contribution in [0.2, 0.25) is 0 Å². The molecule has 2 aliphatic heterocycles. The third-order valence-electron chi connectivity index (χ3n) is 10.6. The number of benzene rings is 1. The minimum atomic E-state index is -0.585. The quantitative estimate of drug-likeness (QED) is 0.679. The van der Waals surface area contributed by atoms with Gasteiger partial charge in [0.2, 0.25) is 0 Å². The van der Waals surface area contributed by atoms with Gasteiger partial charge in [0, 0.05) is 36.1 Å². The minimum Gasteiger partial charge on any atom is -0.493 e. The van der Waals surface area contributed by atoms with Crippen LogP contribution >= 0.6 is 0 Å². The van der Waals surface area contributed by atoms with Crippen LogP contribution in [0.1, 0.15) is 56.6 Å². The summed E-state index contributed by atoms with van der Waals surface area (Å²) in [6.07, 6.45) is 8.90. The highest BCUT2D eigenvalue weighted by Crippen LogP contribution is 2.78. The number of nitrogens with zero attached hydrogens (tertiary/aromatic N) is 1. The van der Waals surface area contributed by atoms with E-state index in [1.54, 1.807) is 14.2 Å².